The fourth-order valence-electron chi connectivity index (χ4n) is 2.57. The van der Waals surface area contributed by atoms with Crippen LogP contribution in [0.1, 0.15) is 11.1 Å². The van der Waals surface area contributed by atoms with Crippen molar-refractivity contribution in [3.8, 4) is 5.75 Å². The van der Waals surface area contributed by atoms with Gasteiger partial charge in [-0.15, -0.1) is 0 Å². The number of rotatable bonds is 7. The predicted octanol–water partition coefficient (Wildman–Crippen LogP) is 3.32. The number of nitrogens with one attached hydrogen (secondary N) is 1. The highest BCUT2D eigenvalue weighted by molar-refractivity contribution is 5.91. The first-order chi connectivity index (χ1) is 12.2. The van der Waals surface area contributed by atoms with E-state index < -0.39 is 0 Å². The third kappa shape index (κ3) is 4.94. The zero-order chi connectivity index (χ0) is 17.5. The van der Waals surface area contributed by atoms with E-state index in [4.69, 9.17) is 4.74 Å². The summed E-state index contributed by atoms with van der Waals surface area (Å²) in [6.07, 6.45) is 4.76. The van der Waals surface area contributed by atoms with Crippen molar-refractivity contribution in [3.63, 3.8) is 0 Å². The molecule has 5 heteroatoms. The Balaban J connectivity index is 1.50. The van der Waals surface area contributed by atoms with Gasteiger partial charge in [0.2, 0.25) is 5.91 Å². The molecule has 0 aliphatic carbocycles. The van der Waals surface area contributed by atoms with Gasteiger partial charge in [0, 0.05) is 12.7 Å². The minimum atomic E-state index is -0.0622. The normalized spacial score (nSPS) is 10.4. The van der Waals surface area contributed by atoms with Crippen molar-refractivity contribution in [2.75, 3.05) is 12.4 Å². The first-order valence-corrected chi connectivity index (χ1v) is 8.22. The highest BCUT2D eigenvalue weighted by Crippen LogP contribution is 2.13. The van der Waals surface area contributed by atoms with E-state index in [1.165, 1.54) is 5.56 Å². The molecular formula is C20H21N3O2. The van der Waals surface area contributed by atoms with Crippen LogP contribution < -0.4 is 10.1 Å². The van der Waals surface area contributed by atoms with Gasteiger partial charge in [-0.1, -0.05) is 42.5 Å². The Bertz CT molecular complexity index is 810. The van der Waals surface area contributed by atoms with Crippen LogP contribution in [-0.4, -0.2) is 22.8 Å². The second kappa shape index (κ2) is 8.15. The van der Waals surface area contributed by atoms with E-state index in [1.54, 1.807) is 13.3 Å². The van der Waals surface area contributed by atoms with Crippen LogP contribution in [0.2, 0.25) is 0 Å². The molecule has 0 aliphatic heterocycles. The predicted molar refractivity (Wildman–Crippen MR) is 97.7 cm³/mol. The van der Waals surface area contributed by atoms with Crippen molar-refractivity contribution < 1.29 is 9.53 Å². The standard InChI is InChI=1S/C20H21N3O2/c1-25-19-9-7-17(8-10-19)13-20(24)22-18-14-21-23(15-18)12-11-16-5-3-2-4-6-16/h2-10,14-15H,11-13H2,1H3,(H,22,24). The molecule has 3 rings (SSSR count). The summed E-state index contributed by atoms with van der Waals surface area (Å²) in [5, 5.41) is 7.18. The van der Waals surface area contributed by atoms with E-state index in [1.807, 2.05) is 53.3 Å². The lowest BCUT2D eigenvalue weighted by Gasteiger charge is -2.04. The van der Waals surface area contributed by atoms with E-state index in [2.05, 4.69) is 22.5 Å². The Labute approximate surface area is 147 Å². The Hall–Kier alpha value is -3.08. The number of carbonyl (C=O) groups excluding carboxylic acids is 1. The highest BCUT2D eigenvalue weighted by Gasteiger charge is 2.06. The monoisotopic (exact) mass is 335 g/mol. The minimum absolute atomic E-state index is 0.0622. The summed E-state index contributed by atoms with van der Waals surface area (Å²) in [5.74, 6) is 0.719. The Morgan fingerprint density at radius 3 is 2.56 bits per heavy atom. The maximum atomic E-state index is 12.1. The topological polar surface area (TPSA) is 56.1 Å². The smallest absolute Gasteiger partial charge is 0.228 e. The molecule has 0 atom stereocenters. The number of benzene rings is 2. The molecule has 0 fully saturated rings. The number of nitrogens with zero attached hydrogens (tertiary/aromatic N) is 2. The third-order valence-electron chi connectivity index (χ3n) is 3.91. The van der Waals surface area contributed by atoms with Crippen molar-refractivity contribution in [1.82, 2.24) is 9.78 Å². The van der Waals surface area contributed by atoms with Gasteiger partial charge in [-0.05, 0) is 29.7 Å². The van der Waals surface area contributed by atoms with Gasteiger partial charge >= 0.3 is 0 Å². The molecule has 1 amide bonds. The number of methoxy groups -OCH3 is 1. The van der Waals surface area contributed by atoms with Crippen LogP contribution in [0.25, 0.3) is 0 Å². The zero-order valence-corrected chi connectivity index (χ0v) is 14.2. The molecule has 1 heterocycles. The Morgan fingerprint density at radius 2 is 1.84 bits per heavy atom. The lowest BCUT2D eigenvalue weighted by molar-refractivity contribution is -0.115. The van der Waals surface area contributed by atoms with E-state index in [0.29, 0.717) is 12.1 Å². The van der Waals surface area contributed by atoms with Gasteiger partial charge in [0.05, 0.1) is 25.4 Å². The largest absolute Gasteiger partial charge is 0.497 e. The third-order valence-corrected chi connectivity index (χ3v) is 3.91. The van der Waals surface area contributed by atoms with E-state index in [9.17, 15) is 4.79 Å². The summed E-state index contributed by atoms with van der Waals surface area (Å²) in [7, 11) is 1.62. The van der Waals surface area contributed by atoms with Crippen molar-refractivity contribution in [3.05, 3.63) is 78.1 Å². The highest BCUT2D eigenvalue weighted by atomic mass is 16.5. The fourth-order valence-corrected chi connectivity index (χ4v) is 2.57. The molecule has 0 spiro atoms. The quantitative estimate of drug-likeness (QED) is 0.721. The molecule has 3 aromatic rings. The van der Waals surface area contributed by atoms with Crippen molar-refractivity contribution in [1.29, 1.82) is 0 Å². The number of aromatic nitrogens is 2. The van der Waals surface area contributed by atoms with Crippen LogP contribution in [0.15, 0.2) is 67.0 Å². The van der Waals surface area contributed by atoms with Crippen molar-refractivity contribution >= 4 is 11.6 Å². The van der Waals surface area contributed by atoms with Crippen LogP contribution in [0, 0.1) is 0 Å². The molecule has 128 valence electrons. The van der Waals surface area contributed by atoms with Crippen LogP contribution in [-0.2, 0) is 24.2 Å². The number of hydrogen-bond acceptors (Lipinski definition) is 3. The van der Waals surface area contributed by atoms with Gasteiger partial charge in [-0.3, -0.25) is 9.48 Å². The van der Waals surface area contributed by atoms with E-state index in [0.717, 1.165) is 24.3 Å². The van der Waals surface area contributed by atoms with Gasteiger partial charge in [0.25, 0.3) is 0 Å². The molecule has 1 aromatic heterocycles. The summed E-state index contributed by atoms with van der Waals surface area (Å²) in [6.45, 7) is 0.776. The molecule has 0 saturated carbocycles. The summed E-state index contributed by atoms with van der Waals surface area (Å²) in [5.41, 5.74) is 2.92. The number of carbonyl (C=O) groups is 1. The SMILES string of the molecule is COc1ccc(CC(=O)Nc2cnn(CCc3ccccc3)c2)cc1. The van der Waals surface area contributed by atoms with Gasteiger partial charge in [-0.2, -0.15) is 5.10 Å². The zero-order valence-electron chi connectivity index (χ0n) is 14.2. The van der Waals surface area contributed by atoms with Crippen LogP contribution in [0.4, 0.5) is 5.69 Å². The number of anilines is 1. The maximum Gasteiger partial charge on any atom is 0.228 e. The number of ether oxygens (including phenoxy) is 1. The average molecular weight is 335 g/mol. The first kappa shape index (κ1) is 16.8. The molecule has 0 bridgehead atoms. The number of hydrogen-bond donors (Lipinski definition) is 1. The number of amides is 1. The minimum Gasteiger partial charge on any atom is -0.497 e. The van der Waals surface area contributed by atoms with Crippen LogP contribution >= 0.6 is 0 Å². The first-order valence-electron chi connectivity index (χ1n) is 8.22. The molecule has 5 nitrogen and oxygen atoms in total. The molecule has 1 N–H and O–H groups in total. The molecule has 25 heavy (non-hydrogen) atoms. The molecule has 0 saturated heterocycles. The molecule has 2 aromatic carbocycles. The van der Waals surface area contributed by atoms with Gasteiger partial charge in [-0.25, -0.2) is 0 Å². The molecule has 0 aliphatic rings. The summed E-state index contributed by atoms with van der Waals surface area (Å²) in [6, 6.07) is 17.8. The van der Waals surface area contributed by atoms with E-state index in [-0.39, 0.29) is 5.91 Å². The molecule has 0 radical (unpaired) electrons. The van der Waals surface area contributed by atoms with Crippen LogP contribution in [0.3, 0.4) is 0 Å². The molecule has 0 unspecified atom stereocenters. The number of aryl methyl sites for hydroxylation is 2. The van der Waals surface area contributed by atoms with Crippen molar-refractivity contribution in [2.45, 2.75) is 19.4 Å². The lowest BCUT2D eigenvalue weighted by Crippen LogP contribution is -2.14. The molecular weight excluding hydrogens is 314 g/mol. The van der Waals surface area contributed by atoms with Gasteiger partial charge in [0.1, 0.15) is 5.75 Å². The summed E-state index contributed by atoms with van der Waals surface area (Å²) >= 11 is 0. The Kier molecular flexibility index (Phi) is 5.46. The summed E-state index contributed by atoms with van der Waals surface area (Å²) in [4.78, 5) is 12.1. The maximum absolute atomic E-state index is 12.1. The van der Waals surface area contributed by atoms with Gasteiger partial charge in [0.15, 0.2) is 0 Å². The average Bonchev–Trinajstić information content (AvgIpc) is 3.08. The lowest BCUT2D eigenvalue weighted by atomic mass is 10.1. The summed E-state index contributed by atoms with van der Waals surface area (Å²) < 4.78 is 6.96. The van der Waals surface area contributed by atoms with E-state index >= 15 is 0 Å². The van der Waals surface area contributed by atoms with Crippen LogP contribution in [0.5, 0.6) is 5.75 Å². The Morgan fingerprint density at radius 1 is 1.08 bits per heavy atom. The fraction of sp³-hybridized carbons (Fsp3) is 0.200. The van der Waals surface area contributed by atoms with Crippen molar-refractivity contribution in [2.24, 2.45) is 0 Å². The second-order valence-electron chi connectivity index (χ2n) is 5.80. The van der Waals surface area contributed by atoms with Gasteiger partial charge < -0.3 is 10.1 Å². The second-order valence-corrected chi connectivity index (χ2v) is 5.80.